The molecule has 0 spiro atoms. The van der Waals surface area contributed by atoms with E-state index in [2.05, 4.69) is 5.32 Å². The summed E-state index contributed by atoms with van der Waals surface area (Å²) >= 11 is 0. The van der Waals surface area contributed by atoms with Crippen LogP contribution in [0.15, 0.2) is 36.4 Å². The van der Waals surface area contributed by atoms with Gasteiger partial charge in [-0.25, -0.2) is 9.59 Å². The van der Waals surface area contributed by atoms with Gasteiger partial charge in [-0.05, 0) is 71.0 Å². The first kappa shape index (κ1) is 23.7. The number of amides is 1. The SMILES string of the molecule is COC(=O)c1ccc(C(=O)Nc2ccc(C(=O)OC(C)(C)C)cc2)c(O)c1OC(C)C. The Morgan fingerprint density at radius 2 is 1.52 bits per heavy atom. The maximum Gasteiger partial charge on any atom is 0.341 e. The number of carbonyl (C=O) groups is 3. The van der Waals surface area contributed by atoms with Gasteiger partial charge in [-0.15, -0.1) is 0 Å². The van der Waals surface area contributed by atoms with Crippen LogP contribution in [-0.2, 0) is 9.47 Å². The smallest absolute Gasteiger partial charge is 0.341 e. The van der Waals surface area contributed by atoms with Crippen LogP contribution < -0.4 is 10.1 Å². The predicted octanol–water partition coefficient (Wildman–Crippen LogP) is 4.17. The van der Waals surface area contributed by atoms with Crippen LogP contribution in [0.5, 0.6) is 11.5 Å². The third kappa shape index (κ3) is 6.21. The van der Waals surface area contributed by atoms with Crippen molar-refractivity contribution in [1.82, 2.24) is 0 Å². The number of benzene rings is 2. The van der Waals surface area contributed by atoms with Gasteiger partial charge in [0, 0.05) is 5.69 Å². The van der Waals surface area contributed by atoms with Crippen molar-refractivity contribution in [1.29, 1.82) is 0 Å². The van der Waals surface area contributed by atoms with Gasteiger partial charge in [-0.1, -0.05) is 0 Å². The van der Waals surface area contributed by atoms with E-state index < -0.39 is 29.2 Å². The molecule has 2 aromatic carbocycles. The summed E-state index contributed by atoms with van der Waals surface area (Å²) in [7, 11) is 1.21. The summed E-state index contributed by atoms with van der Waals surface area (Å²) in [5.41, 5.74) is 0.0468. The molecule has 8 nitrogen and oxygen atoms in total. The van der Waals surface area contributed by atoms with E-state index in [0.29, 0.717) is 11.3 Å². The van der Waals surface area contributed by atoms with E-state index in [0.717, 1.165) is 0 Å². The molecule has 0 aromatic heterocycles. The van der Waals surface area contributed by atoms with Gasteiger partial charge in [0.2, 0.25) is 0 Å². The first-order valence-corrected chi connectivity index (χ1v) is 9.68. The van der Waals surface area contributed by atoms with Crippen LogP contribution in [0.3, 0.4) is 0 Å². The third-order valence-electron chi connectivity index (χ3n) is 3.91. The lowest BCUT2D eigenvalue weighted by atomic mass is 10.1. The Kier molecular flexibility index (Phi) is 7.28. The molecule has 0 atom stereocenters. The maximum absolute atomic E-state index is 12.7. The molecule has 2 N–H and O–H groups in total. The van der Waals surface area contributed by atoms with Gasteiger partial charge >= 0.3 is 11.9 Å². The van der Waals surface area contributed by atoms with Crippen molar-refractivity contribution in [2.45, 2.75) is 46.3 Å². The lowest BCUT2D eigenvalue weighted by Gasteiger charge is -2.19. The fraction of sp³-hybridized carbons (Fsp3) is 0.348. The topological polar surface area (TPSA) is 111 Å². The number of phenolic OH excluding ortho intramolecular Hbond substituents is 1. The van der Waals surface area contributed by atoms with E-state index in [-0.39, 0.29) is 23.0 Å². The molecule has 1 amide bonds. The Balaban J connectivity index is 2.25. The molecular weight excluding hydrogens is 402 g/mol. The number of rotatable bonds is 6. The number of hydrogen-bond acceptors (Lipinski definition) is 7. The Morgan fingerprint density at radius 1 is 0.935 bits per heavy atom. The summed E-state index contributed by atoms with van der Waals surface area (Å²) in [5, 5.41) is 13.2. The van der Waals surface area contributed by atoms with Crippen molar-refractivity contribution in [3.05, 3.63) is 53.1 Å². The quantitative estimate of drug-likeness (QED) is 0.663. The van der Waals surface area contributed by atoms with Gasteiger partial charge in [0.25, 0.3) is 5.91 Å². The molecule has 0 aliphatic rings. The van der Waals surface area contributed by atoms with E-state index in [1.165, 1.54) is 31.4 Å². The number of nitrogens with one attached hydrogen (secondary N) is 1. The number of hydrogen-bond donors (Lipinski definition) is 2. The minimum Gasteiger partial charge on any atom is -0.504 e. The van der Waals surface area contributed by atoms with Crippen LogP contribution in [0.1, 0.15) is 65.7 Å². The maximum atomic E-state index is 12.7. The number of anilines is 1. The zero-order valence-corrected chi connectivity index (χ0v) is 18.4. The van der Waals surface area contributed by atoms with Crippen molar-refractivity contribution in [2.24, 2.45) is 0 Å². The highest BCUT2D eigenvalue weighted by molar-refractivity contribution is 6.08. The van der Waals surface area contributed by atoms with Crippen LogP contribution in [0, 0.1) is 0 Å². The summed E-state index contributed by atoms with van der Waals surface area (Å²) in [4.78, 5) is 36.8. The highest BCUT2D eigenvalue weighted by Gasteiger charge is 2.24. The number of phenols is 1. The number of ether oxygens (including phenoxy) is 3. The van der Waals surface area contributed by atoms with Crippen LogP contribution in [0.2, 0.25) is 0 Å². The minimum absolute atomic E-state index is 0.00645. The van der Waals surface area contributed by atoms with E-state index in [1.54, 1.807) is 46.8 Å². The summed E-state index contributed by atoms with van der Waals surface area (Å²) < 4.78 is 15.5. The third-order valence-corrected chi connectivity index (χ3v) is 3.91. The van der Waals surface area contributed by atoms with E-state index in [4.69, 9.17) is 14.2 Å². The van der Waals surface area contributed by atoms with E-state index in [9.17, 15) is 19.5 Å². The molecule has 8 heteroatoms. The van der Waals surface area contributed by atoms with Crippen molar-refractivity contribution >= 4 is 23.5 Å². The normalized spacial score (nSPS) is 11.1. The summed E-state index contributed by atoms with van der Waals surface area (Å²) in [6.07, 6.45) is -0.354. The lowest BCUT2D eigenvalue weighted by Crippen LogP contribution is -2.23. The van der Waals surface area contributed by atoms with Crippen LogP contribution in [0.4, 0.5) is 5.69 Å². The highest BCUT2D eigenvalue weighted by atomic mass is 16.6. The van der Waals surface area contributed by atoms with E-state index in [1.807, 2.05) is 0 Å². The average Bonchev–Trinajstić information content (AvgIpc) is 2.67. The Morgan fingerprint density at radius 3 is 2.03 bits per heavy atom. The molecule has 2 aromatic rings. The van der Waals surface area contributed by atoms with Crippen LogP contribution in [-0.4, -0.2) is 41.8 Å². The number of carbonyl (C=O) groups excluding carboxylic acids is 3. The molecule has 0 fully saturated rings. The van der Waals surface area contributed by atoms with Gasteiger partial charge < -0.3 is 24.6 Å². The fourth-order valence-electron chi connectivity index (χ4n) is 2.61. The standard InChI is InChI=1S/C23H27NO7/c1-13(2)30-19-17(22(28)29-6)12-11-16(18(19)25)20(26)24-15-9-7-14(8-10-15)21(27)31-23(3,4)5/h7-13,25H,1-6H3,(H,24,26). The monoisotopic (exact) mass is 429 g/mol. The Hall–Kier alpha value is -3.55. The summed E-state index contributed by atoms with van der Waals surface area (Å²) in [5.74, 6) is -2.39. The first-order chi connectivity index (χ1) is 14.4. The average molecular weight is 429 g/mol. The molecule has 0 bridgehead atoms. The largest absolute Gasteiger partial charge is 0.504 e. The molecule has 0 unspecified atom stereocenters. The molecule has 0 aliphatic heterocycles. The number of aromatic hydroxyl groups is 1. The predicted molar refractivity (Wildman–Crippen MR) is 115 cm³/mol. The number of methoxy groups -OCH3 is 1. The molecule has 0 saturated heterocycles. The molecule has 0 aliphatic carbocycles. The van der Waals surface area contributed by atoms with Crippen molar-refractivity contribution < 1.29 is 33.7 Å². The molecule has 0 radical (unpaired) electrons. The molecule has 0 saturated carbocycles. The second-order valence-electron chi connectivity index (χ2n) is 8.03. The summed E-state index contributed by atoms with van der Waals surface area (Å²) in [6.45, 7) is 8.76. The summed E-state index contributed by atoms with van der Waals surface area (Å²) in [6, 6.07) is 8.79. The van der Waals surface area contributed by atoms with Gasteiger partial charge in [0.15, 0.2) is 11.5 Å². The van der Waals surface area contributed by atoms with Crippen LogP contribution in [0.25, 0.3) is 0 Å². The second kappa shape index (κ2) is 9.51. The van der Waals surface area contributed by atoms with Gasteiger partial charge in [-0.3, -0.25) is 4.79 Å². The Labute approximate surface area is 181 Å². The van der Waals surface area contributed by atoms with Crippen molar-refractivity contribution in [3.8, 4) is 11.5 Å². The molecule has 0 heterocycles. The van der Waals surface area contributed by atoms with Crippen LogP contribution >= 0.6 is 0 Å². The minimum atomic E-state index is -0.698. The zero-order valence-electron chi connectivity index (χ0n) is 18.4. The molecule has 2 rings (SSSR count). The number of esters is 2. The van der Waals surface area contributed by atoms with Crippen molar-refractivity contribution in [3.63, 3.8) is 0 Å². The van der Waals surface area contributed by atoms with Gasteiger partial charge in [0.05, 0.1) is 24.3 Å². The van der Waals surface area contributed by atoms with Gasteiger partial charge in [0.1, 0.15) is 11.2 Å². The van der Waals surface area contributed by atoms with E-state index >= 15 is 0 Å². The fourth-order valence-corrected chi connectivity index (χ4v) is 2.61. The second-order valence-corrected chi connectivity index (χ2v) is 8.03. The highest BCUT2D eigenvalue weighted by Crippen LogP contribution is 2.35. The molecular formula is C23H27NO7. The lowest BCUT2D eigenvalue weighted by molar-refractivity contribution is 0.00692. The molecule has 166 valence electrons. The zero-order chi connectivity index (χ0) is 23.3. The van der Waals surface area contributed by atoms with Gasteiger partial charge in [-0.2, -0.15) is 0 Å². The molecule has 31 heavy (non-hydrogen) atoms. The van der Waals surface area contributed by atoms with Crippen molar-refractivity contribution in [2.75, 3.05) is 12.4 Å². The Bertz CT molecular complexity index is 973. The first-order valence-electron chi connectivity index (χ1n) is 9.68.